The van der Waals surface area contributed by atoms with E-state index in [9.17, 15) is 0 Å². The van der Waals surface area contributed by atoms with Crippen LogP contribution in [0.2, 0.25) is 0 Å². The second kappa shape index (κ2) is 4.41. The zero-order valence-corrected chi connectivity index (χ0v) is 11.0. The van der Waals surface area contributed by atoms with Gasteiger partial charge in [0.1, 0.15) is 5.01 Å². The van der Waals surface area contributed by atoms with Gasteiger partial charge < -0.3 is 10.1 Å². The molecule has 3 nitrogen and oxygen atoms in total. The van der Waals surface area contributed by atoms with Crippen LogP contribution in [-0.4, -0.2) is 24.7 Å². The Balaban J connectivity index is 1.97. The van der Waals surface area contributed by atoms with Crippen LogP contribution in [0.15, 0.2) is 22.7 Å². The Kier molecular flexibility index (Phi) is 2.93. The molecule has 1 aliphatic rings. The van der Waals surface area contributed by atoms with Crippen molar-refractivity contribution in [2.24, 2.45) is 0 Å². The zero-order chi connectivity index (χ0) is 11.0. The normalized spacial score (nSPS) is 21.4. The Labute approximate surface area is 106 Å². The highest BCUT2D eigenvalue weighted by Crippen LogP contribution is 2.29. The van der Waals surface area contributed by atoms with E-state index in [1.54, 1.807) is 11.3 Å². The first-order valence-corrected chi connectivity index (χ1v) is 6.81. The minimum Gasteiger partial charge on any atom is -0.378 e. The summed E-state index contributed by atoms with van der Waals surface area (Å²) in [6.45, 7) is 2.43. The fourth-order valence-electron chi connectivity index (χ4n) is 1.79. The van der Waals surface area contributed by atoms with Crippen molar-refractivity contribution in [3.8, 4) is 0 Å². The molecular formula is C11H11BrN2OS. The number of aromatic nitrogens is 1. The van der Waals surface area contributed by atoms with Crippen LogP contribution in [0, 0.1) is 0 Å². The molecule has 0 aliphatic carbocycles. The molecule has 0 amide bonds. The van der Waals surface area contributed by atoms with Crippen LogP contribution in [0.1, 0.15) is 11.0 Å². The number of thiazole rings is 1. The Morgan fingerprint density at radius 1 is 1.50 bits per heavy atom. The summed E-state index contributed by atoms with van der Waals surface area (Å²) >= 11 is 5.20. The minimum absolute atomic E-state index is 0.255. The molecule has 2 heterocycles. The van der Waals surface area contributed by atoms with Crippen molar-refractivity contribution < 1.29 is 4.74 Å². The number of benzene rings is 1. The third-order valence-electron chi connectivity index (χ3n) is 2.59. The fourth-order valence-corrected chi connectivity index (χ4v) is 3.15. The number of nitrogens with one attached hydrogen (secondary N) is 1. The molecule has 1 aromatic carbocycles. The van der Waals surface area contributed by atoms with Gasteiger partial charge in [0.05, 0.1) is 29.5 Å². The molecule has 1 unspecified atom stereocenters. The first-order chi connectivity index (χ1) is 7.83. The smallest absolute Gasteiger partial charge is 0.113 e. The highest BCUT2D eigenvalue weighted by Gasteiger charge is 2.18. The Bertz CT molecular complexity index is 508. The molecule has 1 aromatic heterocycles. The molecule has 5 heteroatoms. The maximum absolute atomic E-state index is 5.45. The van der Waals surface area contributed by atoms with Gasteiger partial charge in [-0.25, -0.2) is 4.98 Å². The Morgan fingerprint density at radius 2 is 2.44 bits per heavy atom. The van der Waals surface area contributed by atoms with E-state index in [2.05, 4.69) is 44.4 Å². The number of halogens is 1. The zero-order valence-electron chi connectivity index (χ0n) is 8.57. The van der Waals surface area contributed by atoms with Crippen molar-refractivity contribution in [1.29, 1.82) is 0 Å². The van der Waals surface area contributed by atoms with Crippen molar-refractivity contribution >= 4 is 37.5 Å². The van der Waals surface area contributed by atoms with Crippen LogP contribution in [0.3, 0.4) is 0 Å². The van der Waals surface area contributed by atoms with Gasteiger partial charge in [-0.15, -0.1) is 11.3 Å². The van der Waals surface area contributed by atoms with Crippen molar-refractivity contribution in [3.63, 3.8) is 0 Å². The van der Waals surface area contributed by atoms with Crippen LogP contribution in [-0.2, 0) is 4.74 Å². The number of fused-ring (bicyclic) bond motifs is 1. The van der Waals surface area contributed by atoms with Crippen molar-refractivity contribution in [2.45, 2.75) is 6.04 Å². The van der Waals surface area contributed by atoms with Crippen LogP contribution in [0.5, 0.6) is 0 Å². The lowest BCUT2D eigenvalue weighted by molar-refractivity contribution is 0.0768. The fraction of sp³-hybridized carbons (Fsp3) is 0.364. The van der Waals surface area contributed by atoms with E-state index in [0.717, 1.165) is 34.8 Å². The average molecular weight is 299 g/mol. The minimum atomic E-state index is 0.255. The lowest BCUT2D eigenvalue weighted by Crippen LogP contribution is -2.34. The summed E-state index contributed by atoms with van der Waals surface area (Å²) in [6, 6.07) is 6.46. The van der Waals surface area contributed by atoms with Gasteiger partial charge in [-0.3, -0.25) is 0 Å². The number of hydrogen-bond acceptors (Lipinski definition) is 4. The maximum atomic E-state index is 5.45. The van der Waals surface area contributed by atoms with E-state index in [1.807, 2.05) is 0 Å². The summed E-state index contributed by atoms with van der Waals surface area (Å²) in [4.78, 5) is 4.64. The van der Waals surface area contributed by atoms with Gasteiger partial charge in [0.2, 0.25) is 0 Å². The number of hydrogen-bond donors (Lipinski definition) is 1. The molecule has 3 rings (SSSR count). The van der Waals surface area contributed by atoms with Gasteiger partial charge in [-0.05, 0) is 18.2 Å². The summed E-state index contributed by atoms with van der Waals surface area (Å²) < 4.78 is 7.75. The molecule has 84 valence electrons. The standard InChI is InChI=1S/C11H11BrN2OS/c12-7-1-2-10-8(5-7)14-11(16-10)9-6-15-4-3-13-9/h1-2,5,9,13H,3-4,6H2. The molecular weight excluding hydrogens is 288 g/mol. The number of nitrogens with zero attached hydrogens (tertiary/aromatic N) is 1. The summed E-state index contributed by atoms with van der Waals surface area (Å²) in [7, 11) is 0. The van der Waals surface area contributed by atoms with Crippen LogP contribution in [0.4, 0.5) is 0 Å². The molecule has 1 fully saturated rings. The second-order valence-electron chi connectivity index (χ2n) is 3.75. The monoisotopic (exact) mass is 298 g/mol. The van der Waals surface area contributed by atoms with E-state index in [-0.39, 0.29) is 6.04 Å². The first kappa shape index (κ1) is 10.7. The SMILES string of the molecule is Brc1ccc2sc(C3COCCN3)nc2c1. The molecule has 2 aromatic rings. The predicted octanol–water partition coefficient (Wildman–Crippen LogP) is 2.72. The summed E-state index contributed by atoms with van der Waals surface area (Å²) in [5, 5.41) is 4.54. The summed E-state index contributed by atoms with van der Waals surface area (Å²) in [6.07, 6.45) is 0. The molecule has 0 bridgehead atoms. The highest BCUT2D eigenvalue weighted by molar-refractivity contribution is 9.10. The molecule has 1 aliphatic heterocycles. The first-order valence-electron chi connectivity index (χ1n) is 5.20. The highest BCUT2D eigenvalue weighted by atomic mass is 79.9. The lowest BCUT2D eigenvalue weighted by atomic mass is 10.3. The Morgan fingerprint density at radius 3 is 3.25 bits per heavy atom. The molecule has 16 heavy (non-hydrogen) atoms. The third kappa shape index (κ3) is 2.00. The van der Waals surface area contributed by atoms with E-state index in [0.29, 0.717) is 0 Å². The molecule has 1 N–H and O–H groups in total. The largest absolute Gasteiger partial charge is 0.378 e. The number of rotatable bonds is 1. The summed E-state index contributed by atoms with van der Waals surface area (Å²) in [5.74, 6) is 0. The predicted molar refractivity (Wildman–Crippen MR) is 68.9 cm³/mol. The topological polar surface area (TPSA) is 34.1 Å². The van der Waals surface area contributed by atoms with Crippen LogP contribution < -0.4 is 5.32 Å². The lowest BCUT2D eigenvalue weighted by Gasteiger charge is -2.21. The molecule has 0 spiro atoms. The number of ether oxygens (including phenoxy) is 1. The van der Waals surface area contributed by atoms with Crippen LogP contribution >= 0.6 is 27.3 Å². The maximum Gasteiger partial charge on any atom is 0.113 e. The third-order valence-corrected chi connectivity index (χ3v) is 4.23. The van der Waals surface area contributed by atoms with Gasteiger partial charge in [0.25, 0.3) is 0 Å². The van der Waals surface area contributed by atoms with E-state index >= 15 is 0 Å². The Hall–Kier alpha value is -0.490. The van der Waals surface area contributed by atoms with Crippen molar-refractivity contribution in [1.82, 2.24) is 10.3 Å². The molecule has 1 saturated heterocycles. The average Bonchev–Trinajstić information content (AvgIpc) is 2.73. The van der Waals surface area contributed by atoms with Gasteiger partial charge in [-0.1, -0.05) is 15.9 Å². The molecule has 0 radical (unpaired) electrons. The van der Waals surface area contributed by atoms with Gasteiger partial charge in [0.15, 0.2) is 0 Å². The van der Waals surface area contributed by atoms with Gasteiger partial charge in [0, 0.05) is 11.0 Å². The van der Waals surface area contributed by atoms with E-state index < -0.39 is 0 Å². The second-order valence-corrected chi connectivity index (χ2v) is 5.72. The molecule has 0 saturated carbocycles. The van der Waals surface area contributed by atoms with Gasteiger partial charge in [-0.2, -0.15) is 0 Å². The number of morpholine rings is 1. The summed E-state index contributed by atoms with van der Waals surface area (Å²) in [5.41, 5.74) is 1.06. The molecule has 1 atom stereocenters. The van der Waals surface area contributed by atoms with Crippen molar-refractivity contribution in [2.75, 3.05) is 19.8 Å². The van der Waals surface area contributed by atoms with Crippen molar-refractivity contribution in [3.05, 3.63) is 27.7 Å². The van der Waals surface area contributed by atoms with E-state index in [1.165, 1.54) is 4.70 Å². The quantitative estimate of drug-likeness (QED) is 0.879. The van der Waals surface area contributed by atoms with Gasteiger partial charge >= 0.3 is 0 Å². The van der Waals surface area contributed by atoms with Crippen LogP contribution in [0.25, 0.3) is 10.2 Å². The van der Waals surface area contributed by atoms with E-state index in [4.69, 9.17) is 4.74 Å².